The van der Waals surface area contributed by atoms with Gasteiger partial charge in [0, 0.05) is 0 Å². The van der Waals surface area contributed by atoms with Crippen molar-refractivity contribution >= 4 is 0 Å². The quantitative estimate of drug-likeness (QED) is 0.507. The molecule has 0 heterocycles. The molecular formula is C12H18. The van der Waals surface area contributed by atoms with Crippen LogP contribution < -0.4 is 0 Å². The van der Waals surface area contributed by atoms with Crippen LogP contribution in [0.15, 0.2) is 36.5 Å². The third kappa shape index (κ3) is 4.17. The second-order valence-electron chi connectivity index (χ2n) is 3.51. The van der Waals surface area contributed by atoms with Crippen LogP contribution in [-0.2, 0) is 0 Å². The lowest BCUT2D eigenvalue weighted by atomic mass is 10.0. The Morgan fingerprint density at radius 3 is 2.58 bits per heavy atom. The van der Waals surface area contributed by atoms with Crippen LogP contribution in [0.1, 0.15) is 32.6 Å². The van der Waals surface area contributed by atoms with Crippen LogP contribution in [0.3, 0.4) is 0 Å². The minimum atomic E-state index is 0.848. The van der Waals surface area contributed by atoms with E-state index >= 15 is 0 Å². The van der Waals surface area contributed by atoms with Crippen molar-refractivity contribution in [2.45, 2.75) is 32.6 Å². The molecule has 0 bridgehead atoms. The molecule has 0 amide bonds. The monoisotopic (exact) mass is 162 g/mol. The summed E-state index contributed by atoms with van der Waals surface area (Å²) in [5.41, 5.74) is 0. The fourth-order valence-corrected chi connectivity index (χ4v) is 1.39. The van der Waals surface area contributed by atoms with Gasteiger partial charge >= 0.3 is 0 Å². The molecule has 0 aliphatic heterocycles. The molecule has 1 aliphatic rings. The molecule has 0 fully saturated rings. The summed E-state index contributed by atoms with van der Waals surface area (Å²) in [6.07, 6.45) is 18.2. The summed E-state index contributed by atoms with van der Waals surface area (Å²) in [5.74, 6) is 0.848. The van der Waals surface area contributed by atoms with Gasteiger partial charge in [0.1, 0.15) is 0 Å². The maximum absolute atomic E-state index is 2.33. The Morgan fingerprint density at radius 2 is 1.75 bits per heavy atom. The van der Waals surface area contributed by atoms with Crippen molar-refractivity contribution in [2.75, 3.05) is 0 Å². The van der Waals surface area contributed by atoms with E-state index in [9.17, 15) is 0 Å². The van der Waals surface area contributed by atoms with Gasteiger partial charge in [-0.3, -0.25) is 0 Å². The molecule has 1 aliphatic carbocycles. The van der Waals surface area contributed by atoms with E-state index < -0.39 is 0 Å². The average molecular weight is 162 g/mol. The van der Waals surface area contributed by atoms with Crippen LogP contribution in [0.4, 0.5) is 0 Å². The standard InChI is InChI=1S/C12H18/c1-12-10-8-6-4-2-3-5-7-9-11-12/h2-6,8,12H,7,9-11H2,1H3/b4-2-,5-3+,8-6+. The Bertz CT molecular complexity index is 184. The molecular weight excluding hydrogens is 144 g/mol. The molecule has 66 valence electrons. The van der Waals surface area contributed by atoms with Crippen molar-refractivity contribution in [3.63, 3.8) is 0 Å². The first kappa shape index (κ1) is 9.31. The van der Waals surface area contributed by atoms with Crippen molar-refractivity contribution in [1.82, 2.24) is 0 Å². The van der Waals surface area contributed by atoms with E-state index in [2.05, 4.69) is 43.4 Å². The summed E-state index contributed by atoms with van der Waals surface area (Å²) in [7, 11) is 0. The molecule has 0 saturated heterocycles. The maximum atomic E-state index is 2.33. The van der Waals surface area contributed by atoms with Gasteiger partial charge < -0.3 is 0 Å². The van der Waals surface area contributed by atoms with Crippen LogP contribution in [0.25, 0.3) is 0 Å². The zero-order chi connectivity index (χ0) is 8.65. The molecule has 0 N–H and O–H groups in total. The van der Waals surface area contributed by atoms with Gasteiger partial charge in [-0.15, -0.1) is 0 Å². The third-order valence-electron chi connectivity index (χ3n) is 2.21. The molecule has 12 heavy (non-hydrogen) atoms. The van der Waals surface area contributed by atoms with E-state index in [1.807, 2.05) is 0 Å². The molecule has 0 heteroatoms. The van der Waals surface area contributed by atoms with Crippen LogP contribution in [0, 0.1) is 5.92 Å². The van der Waals surface area contributed by atoms with Crippen LogP contribution >= 0.6 is 0 Å². The van der Waals surface area contributed by atoms with E-state index in [1.54, 1.807) is 0 Å². The predicted molar refractivity (Wildman–Crippen MR) is 55.1 cm³/mol. The molecule has 0 aromatic rings. The zero-order valence-corrected chi connectivity index (χ0v) is 7.87. The van der Waals surface area contributed by atoms with Crippen LogP contribution in [0.5, 0.6) is 0 Å². The fourth-order valence-electron chi connectivity index (χ4n) is 1.39. The second-order valence-corrected chi connectivity index (χ2v) is 3.51. The Balaban J connectivity index is 2.44. The third-order valence-corrected chi connectivity index (χ3v) is 2.21. The lowest BCUT2D eigenvalue weighted by molar-refractivity contribution is 0.519. The number of hydrogen-bond acceptors (Lipinski definition) is 0. The Kier molecular flexibility index (Phi) is 4.51. The van der Waals surface area contributed by atoms with Gasteiger partial charge in [0.15, 0.2) is 0 Å². The highest BCUT2D eigenvalue weighted by Crippen LogP contribution is 2.13. The second kappa shape index (κ2) is 5.82. The summed E-state index contributed by atoms with van der Waals surface area (Å²) in [6.45, 7) is 2.33. The van der Waals surface area contributed by atoms with Gasteiger partial charge in [0.25, 0.3) is 0 Å². The smallest absolute Gasteiger partial charge is 0.0322 e. The largest absolute Gasteiger partial charge is 0.0845 e. The Labute approximate surface area is 75.7 Å². The van der Waals surface area contributed by atoms with E-state index in [0.29, 0.717) is 0 Å². The fraction of sp³-hybridized carbons (Fsp3) is 0.500. The highest BCUT2D eigenvalue weighted by molar-refractivity contribution is 5.11. The summed E-state index contributed by atoms with van der Waals surface area (Å²) in [4.78, 5) is 0. The average Bonchev–Trinajstić information content (AvgIpc) is 2.11. The molecule has 0 aromatic carbocycles. The topological polar surface area (TPSA) is 0 Å². The lowest BCUT2D eigenvalue weighted by Gasteiger charge is -2.05. The Hall–Kier alpha value is -0.780. The van der Waals surface area contributed by atoms with Crippen molar-refractivity contribution in [1.29, 1.82) is 0 Å². The first-order chi connectivity index (χ1) is 5.89. The number of hydrogen-bond donors (Lipinski definition) is 0. The molecule has 0 saturated carbocycles. The van der Waals surface area contributed by atoms with Gasteiger partial charge in [-0.05, 0) is 25.2 Å². The summed E-state index contributed by atoms with van der Waals surface area (Å²) < 4.78 is 0. The summed E-state index contributed by atoms with van der Waals surface area (Å²) in [6, 6.07) is 0. The van der Waals surface area contributed by atoms with Crippen LogP contribution in [0.2, 0.25) is 0 Å². The molecule has 1 unspecified atom stereocenters. The predicted octanol–water partition coefficient (Wildman–Crippen LogP) is 3.87. The highest BCUT2D eigenvalue weighted by Gasteiger charge is 1.97. The molecule has 1 rings (SSSR count). The Morgan fingerprint density at radius 1 is 1.00 bits per heavy atom. The van der Waals surface area contributed by atoms with Crippen molar-refractivity contribution < 1.29 is 0 Å². The van der Waals surface area contributed by atoms with E-state index in [0.717, 1.165) is 5.92 Å². The normalized spacial score (nSPS) is 33.2. The number of allylic oxidation sites excluding steroid dienone is 6. The van der Waals surface area contributed by atoms with Crippen molar-refractivity contribution in [2.24, 2.45) is 5.92 Å². The van der Waals surface area contributed by atoms with Gasteiger partial charge in [-0.2, -0.15) is 0 Å². The molecule has 0 radical (unpaired) electrons. The lowest BCUT2D eigenvalue weighted by Crippen LogP contribution is -1.91. The van der Waals surface area contributed by atoms with Gasteiger partial charge in [0.05, 0.1) is 0 Å². The first-order valence-electron chi connectivity index (χ1n) is 4.88. The summed E-state index contributed by atoms with van der Waals surface area (Å²) in [5, 5.41) is 0. The minimum Gasteiger partial charge on any atom is -0.0845 e. The van der Waals surface area contributed by atoms with Gasteiger partial charge in [-0.25, -0.2) is 0 Å². The van der Waals surface area contributed by atoms with Crippen molar-refractivity contribution in [3.05, 3.63) is 36.5 Å². The van der Waals surface area contributed by atoms with E-state index in [1.165, 1.54) is 25.7 Å². The summed E-state index contributed by atoms with van der Waals surface area (Å²) >= 11 is 0. The molecule has 0 spiro atoms. The van der Waals surface area contributed by atoms with Crippen LogP contribution in [-0.4, -0.2) is 0 Å². The van der Waals surface area contributed by atoms with Gasteiger partial charge in [-0.1, -0.05) is 49.8 Å². The molecule has 0 nitrogen and oxygen atoms in total. The number of rotatable bonds is 0. The zero-order valence-electron chi connectivity index (χ0n) is 7.87. The minimum absolute atomic E-state index is 0.848. The first-order valence-corrected chi connectivity index (χ1v) is 4.88. The van der Waals surface area contributed by atoms with E-state index in [4.69, 9.17) is 0 Å². The molecule has 1 atom stereocenters. The van der Waals surface area contributed by atoms with Crippen molar-refractivity contribution in [3.8, 4) is 0 Å². The van der Waals surface area contributed by atoms with E-state index in [-0.39, 0.29) is 0 Å². The van der Waals surface area contributed by atoms with Gasteiger partial charge in [0.2, 0.25) is 0 Å². The highest BCUT2D eigenvalue weighted by atomic mass is 14.0. The SMILES string of the molecule is CC1C/C=C/C=C\C=C\CCC1. The maximum Gasteiger partial charge on any atom is -0.0322 e. The molecule has 0 aromatic heterocycles.